The number of rotatable bonds is 7. The SMILES string of the molecule is C=CCNC(=O)N1CCN(C(C(=O)NCc2ccccc2F)C2CCCC2)CC1. The lowest BCUT2D eigenvalue weighted by atomic mass is 9.95. The molecule has 1 saturated heterocycles. The lowest BCUT2D eigenvalue weighted by molar-refractivity contribution is -0.129. The normalized spacial score (nSPS) is 19.0. The molecule has 0 aromatic heterocycles. The predicted octanol–water partition coefficient (Wildman–Crippen LogP) is 2.51. The molecule has 158 valence electrons. The Morgan fingerprint density at radius 1 is 1.14 bits per heavy atom. The van der Waals surface area contributed by atoms with E-state index in [1.807, 2.05) is 0 Å². The van der Waals surface area contributed by atoms with Crippen LogP contribution in [-0.4, -0.2) is 60.5 Å². The van der Waals surface area contributed by atoms with Crippen LogP contribution in [0.2, 0.25) is 0 Å². The minimum atomic E-state index is -0.302. The van der Waals surface area contributed by atoms with E-state index in [1.165, 1.54) is 6.07 Å². The highest BCUT2D eigenvalue weighted by Gasteiger charge is 2.37. The van der Waals surface area contributed by atoms with Crippen LogP contribution in [0.1, 0.15) is 31.2 Å². The zero-order valence-corrected chi connectivity index (χ0v) is 16.9. The maximum Gasteiger partial charge on any atom is 0.317 e. The number of hydrogen-bond donors (Lipinski definition) is 2. The topological polar surface area (TPSA) is 64.7 Å². The summed E-state index contributed by atoms with van der Waals surface area (Å²) in [6, 6.07) is 6.21. The first-order valence-corrected chi connectivity index (χ1v) is 10.5. The number of carbonyl (C=O) groups excluding carboxylic acids is 2. The molecule has 1 atom stereocenters. The van der Waals surface area contributed by atoms with Gasteiger partial charge >= 0.3 is 6.03 Å². The molecule has 2 N–H and O–H groups in total. The Labute approximate surface area is 172 Å². The summed E-state index contributed by atoms with van der Waals surface area (Å²) in [5.74, 6) is -0.0224. The van der Waals surface area contributed by atoms with E-state index < -0.39 is 0 Å². The summed E-state index contributed by atoms with van der Waals surface area (Å²) in [7, 11) is 0. The van der Waals surface area contributed by atoms with E-state index in [0.29, 0.717) is 44.2 Å². The lowest BCUT2D eigenvalue weighted by Crippen LogP contribution is -2.59. The van der Waals surface area contributed by atoms with Gasteiger partial charge in [-0.1, -0.05) is 37.1 Å². The first kappa shape index (κ1) is 21.3. The molecule has 1 heterocycles. The van der Waals surface area contributed by atoms with Crippen LogP contribution in [0.15, 0.2) is 36.9 Å². The Kier molecular flexibility index (Phi) is 7.63. The standard InChI is InChI=1S/C22H31FN4O2/c1-2-11-24-22(29)27-14-12-26(13-15-27)20(17-7-3-4-8-17)21(28)25-16-18-9-5-6-10-19(18)23/h2,5-6,9-10,17,20H,1,3-4,7-8,11-16H2,(H,24,29)(H,25,28). The maximum atomic E-state index is 13.9. The molecule has 0 radical (unpaired) electrons. The fraction of sp³-hybridized carbons (Fsp3) is 0.545. The molecule has 3 amide bonds. The van der Waals surface area contributed by atoms with E-state index in [9.17, 15) is 14.0 Å². The molecule has 1 saturated carbocycles. The lowest BCUT2D eigenvalue weighted by Gasteiger charge is -2.40. The van der Waals surface area contributed by atoms with Gasteiger partial charge in [0, 0.05) is 44.8 Å². The molecule has 2 fully saturated rings. The first-order chi connectivity index (χ1) is 14.1. The van der Waals surface area contributed by atoms with Gasteiger partial charge in [-0.2, -0.15) is 0 Å². The van der Waals surface area contributed by atoms with E-state index >= 15 is 0 Å². The van der Waals surface area contributed by atoms with Gasteiger partial charge in [0.25, 0.3) is 0 Å². The van der Waals surface area contributed by atoms with Gasteiger partial charge in [0.2, 0.25) is 5.91 Å². The van der Waals surface area contributed by atoms with Crippen LogP contribution >= 0.6 is 0 Å². The zero-order valence-electron chi connectivity index (χ0n) is 16.9. The summed E-state index contributed by atoms with van der Waals surface area (Å²) in [6.07, 6.45) is 6.02. The van der Waals surface area contributed by atoms with Crippen molar-refractivity contribution in [2.75, 3.05) is 32.7 Å². The second-order valence-electron chi connectivity index (χ2n) is 7.80. The van der Waals surface area contributed by atoms with Gasteiger partial charge in [-0.25, -0.2) is 9.18 Å². The molecular formula is C22H31FN4O2. The van der Waals surface area contributed by atoms with Crippen LogP contribution in [-0.2, 0) is 11.3 Å². The molecule has 1 aromatic rings. The first-order valence-electron chi connectivity index (χ1n) is 10.5. The fourth-order valence-electron chi connectivity index (χ4n) is 4.35. The van der Waals surface area contributed by atoms with Gasteiger partial charge in [0.1, 0.15) is 5.82 Å². The average molecular weight is 403 g/mol. The number of amides is 3. The summed E-state index contributed by atoms with van der Waals surface area (Å²) in [5, 5.41) is 5.75. The van der Waals surface area contributed by atoms with Gasteiger partial charge in [-0.05, 0) is 24.8 Å². The van der Waals surface area contributed by atoms with E-state index in [4.69, 9.17) is 0 Å². The molecular weight excluding hydrogens is 371 g/mol. The number of nitrogens with zero attached hydrogens (tertiary/aromatic N) is 2. The van der Waals surface area contributed by atoms with Crippen molar-refractivity contribution in [1.82, 2.24) is 20.4 Å². The highest BCUT2D eigenvalue weighted by Crippen LogP contribution is 2.31. The highest BCUT2D eigenvalue weighted by molar-refractivity contribution is 5.82. The fourth-order valence-corrected chi connectivity index (χ4v) is 4.35. The Hall–Kier alpha value is -2.41. The van der Waals surface area contributed by atoms with Crippen molar-refractivity contribution >= 4 is 11.9 Å². The average Bonchev–Trinajstić information content (AvgIpc) is 3.26. The van der Waals surface area contributed by atoms with Crippen LogP contribution in [0, 0.1) is 11.7 Å². The second-order valence-corrected chi connectivity index (χ2v) is 7.80. The molecule has 3 rings (SSSR count). The summed E-state index contributed by atoms with van der Waals surface area (Å²) in [6.45, 7) is 6.76. The Morgan fingerprint density at radius 2 is 1.83 bits per heavy atom. The number of piperazine rings is 1. The van der Waals surface area contributed by atoms with Crippen molar-refractivity contribution < 1.29 is 14.0 Å². The Balaban J connectivity index is 1.60. The molecule has 0 spiro atoms. The van der Waals surface area contributed by atoms with Crippen molar-refractivity contribution in [2.45, 2.75) is 38.3 Å². The molecule has 6 nitrogen and oxygen atoms in total. The minimum absolute atomic E-state index is 0.0373. The smallest absolute Gasteiger partial charge is 0.317 e. The largest absolute Gasteiger partial charge is 0.351 e. The van der Waals surface area contributed by atoms with E-state index in [1.54, 1.807) is 29.2 Å². The molecule has 1 aliphatic carbocycles. The summed E-state index contributed by atoms with van der Waals surface area (Å²) < 4.78 is 13.9. The summed E-state index contributed by atoms with van der Waals surface area (Å²) >= 11 is 0. The number of nitrogens with one attached hydrogen (secondary N) is 2. The number of benzene rings is 1. The van der Waals surface area contributed by atoms with Crippen molar-refractivity contribution in [3.63, 3.8) is 0 Å². The monoisotopic (exact) mass is 402 g/mol. The molecule has 1 unspecified atom stereocenters. The van der Waals surface area contributed by atoms with Crippen molar-refractivity contribution in [2.24, 2.45) is 5.92 Å². The van der Waals surface area contributed by atoms with Gasteiger partial charge in [0.15, 0.2) is 0 Å². The molecule has 2 aliphatic rings. The molecule has 1 aromatic carbocycles. The number of urea groups is 1. The third-order valence-corrected chi connectivity index (χ3v) is 5.92. The van der Waals surface area contributed by atoms with E-state index in [0.717, 1.165) is 25.7 Å². The quantitative estimate of drug-likeness (QED) is 0.689. The maximum absolute atomic E-state index is 13.9. The minimum Gasteiger partial charge on any atom is -0.351 e. The molecule has 7 heteroatoms. The Bertz CT molecular complexity index is 713. The molecule has 1 aliphatic heterocycles. The van der Waals surface area contributed by atoms with Crippen LogP contribution in [0.4, 0.5) is 9.18 Å². The van der Waals surface area contributed by atoms with Crippen LogP contribution in [0.5, 0.6) is 0 Å². The summed E-state index contributed by atoms with van der Waals surface area (Å²) in [4.78, 5) is 29.2. The second kappa shape index (κ2) is 10.4. The third kappa shape index (κ3) is 5.56. The predicted molar refractivity (Wildman–Crippen MR) is 111 cm³/mol. The zero-order chi connectivity index (χ0) is 20.6. The van der Waals surface area contributed by atoms with Gasteiger partial charge in [-0.3, -0.25) is 9.69 Å². The van der Waals surface area contributed by atoms with Gasteiger partial charge < -0.3 is 15.5 Å². The summed E-state index contributed by atoms with van der Waals surface area (Å²) in [5.41, 5.74) is 0.495. The number of hydrogen-bond acceptors (Lipinski definition) is 3. The number of carbonyl (C=O) groups is 2. The van der Waals surface area contributed by atoms with Crippen molar-refractivity contribution in [1.29, 1.82) is 0 Å². The van der Waals surface area contributed by atoms with Crippen LogP contribution in [0.25, 0.3) is 0 Å². The highest BCUT2D eigenvalue weighted by atomic mass is 19.1. The van der Waals surface area contributed by atoms with Crippen LogP contribution < -0.4 is 10.6 Å². The van der Waals surface area contributed by atoms with Gasteiger partial charge in [-0.15, -0.1) is 6.58 Å². The van der Waals surface area contributed by atoms with Crippen molar-refractivity contribution in [3.05, 3.63) is 48.3 Å². The molecule has 0 bridgehead atoms. The van der Waals surface area contributed by atoms with Crippen LogP contribution in [0.3, 0.4) is 0 Å². The van der Waals surface area contributed by atoms with E-state index in [-0.39, 0.29) is 30.3 Å². The number of halogens is 1. The third-order valence-electron chi connectivity index (χ3n) is 5.92. The Morgan fingerprint density at radius 3 is 2.48 bits per heavy atom. The van der Waals surface area contributed by atoms with Crippen molar-refractivity contribution in [3.8, 4) is 0 Å². The molecule has 29 heavy (non-hydrogen) atoms. The van der Waals surface area contributed by atoms with E-state index in [2.05, 4.69) is 22.1 Å². The van der Waals surface area contributed by atoms with Gasteiger partial charge in [0.05, 0.1) is 6.04 Å².